The molecule has 0 heterocycles. The molecule has 23 heavy (non-hydrogen) atoms. The summed E-state index contributed by atoms with van der Waals surface area (Å²) in [5, 5.41) is 0.215. The number of hydrogen-bond acceptors (Lipinski definition) is 2. The first-order chi connectivity index (χ1) is 10.2. The second-order valence-corrected chi connectivity index (χ2v) is 15.6. The Balaban J connectivity index is 2.35. The molecule has 2 fully saturated rings. The molecular weight excluding hydrogens is 300 g/mol. The van der Waals surface area contributed by atoms with Crippen LogP contribution in [-0.4, -0.2) is 20.2 Å². The van der Waals surface area contributed by atoms with Crippen LogP contribution < -0.4 is 0 Å². The molecule has 0 radical (unpaired) electrons. The maximum atomic E-state index is 12.9. The highest BCUT2D eigenvalue weighted by atomic mass is 28.4. The van der Waals surface area contributed by atoms with Crippen LogP contribution in [0.15, 0.2) is 0 Å². The van der Waals surface area contributed by atoms with Gasteiger partial charge in [0.15, 0.2) is 8.32 Å². The Hall–Kier alpha value is -0.153. The summed E-state index contributed by atoms with van der Waals surface area (Å²) in [6, 6.07) is 0. The minimum Gasteiger partial charge on any atom is -0.413 e. The van der Waals surface area contributed by atoms with E-state index in [9.17, 15) is 4.79 Å². The lowest BCUT2D eigenvalue weighted by Crippen LogP contribution is -2.58. The predicted molar refractivity (Wildman–Crippen MR) is 100 cm³/mol. The summed E-state index contributed by atoms with van der Waals surface area (Å²) in [5.41, 5.74) is 0.235. The third kappa shape index (κ3) is 3.46. The number of Topliss-reactive ketones (excluding diaryl/α,β-unsaturated/α-hetero) is 1. The van der Waals surface area contributed by atoms with Crippen molar-refractivity contribution < 1.29 is 9.22 Å². The highest BCUT2D eigenvalue weighted by molar-refractivity contribution is 6.74. The molecule has 0 aliphatic heterocycles. The Bertz CT molecular complexity index is 475. The molecule has 0 bridgehead atoms. The van der Waals surface area contributed by atoms with Crippen LogP contribution in [0.5, 0.6) is 0 Å². The zero-order chi connectivity index (χ0) is 17.8. The fraction of sp³-hybridized carbons (Fsp3) is 0.950. The van der Waals surface area contributed by atoms with Crippen LogP contribution in [0.1, 0.15) is 74.1 Å². The average Bonchev–Trinajstić information content (AvgIpc) is 2.36. The molecule has 3 heteroatoms. The van der Waals surface area contributed by atoms with E-state index in [1.165, 1.54) is 0 Å². The van der Waals surface area contributed by atoms with E-state index in [1.807, 2.05) is 0 Å². The van der Waals surface area contributed by atoms with Gasteiger partial charge in [-0.1, -0.05) is 48.5 Å². The molecule has 0 spiro atoms. The number of rotatable bonds is 2. The minimum atomic E-state index is -1.83. The molecule has 2 aliphatic rings. The first-order valence-electron chi connectivity index (χ1n) is 9.41. The fourth-order valence-corrected chi connectivity index (χ4v) is 5.73. The van der Waals surface area contributed by atoms with Crippen LogP contribution in [0.2, 0.25) is 18.1 Å². The maximum absolute atomic E-state index is 12.9. The molecule has 2 nitrogen and oxygen atoms in total. The molecule has 2 rings (SSSR count). The van der Waals surface area contributed by atoms with Gasteiger partial charge in [-0.2, -0.15) is 0 Å². The zero-order valence-electron chi connectivity index (χ0n) is 16.9. The van der Waals surface area contributed by atoms with Crippen LogP contribution in [0.25, 0.3) is 0 Å². The van der Waals surface area contributed by atoms with Crippen molar-refractivity contribution in [3.63, 3.8) is 0 Å². The first kappa shape index (κ1) is 19.2. The summed E-state index contributed by atoms with van der Waals surface area (Å²) in [6.45, 7) is 20.7. The average molecular weight is 339 g/mol. The Morgan fingerprint density at radius 1 is 1.13 bits per heavy atom. The highest BCUT2D eigenvalue weighted by Gasteiger charge is 2.56. The van der Waals surface area contributed by atoms with Crippen molar-refractivity contribution in [1.82, 2.24) is 0 Å². The molecule has 0 aromatic carbocycles. The Morgan fingerprint density at radius 3 is 2.22 bits per heavy atom. The fourth-order valence-electron chi connectivity index (χ4n) is 4.31. The summed E-state index contributed by atoms with van der Waals surface area (Å²) in [4.78, 5) is 12.9. The zero-order valence-corrected chi connectivity index (χ0v) is 17.9. The normalized spacial score (nSPS) is 38.3. The van der Waals surface area contributed by atoms with E-state index in [2.05, 4.69) is 61.6 Å². The van der Waals surface area contributed by atoms with Crippen molar-refractivity contribution in [2.45, 2.75) is 98.4 Å². The maximum Gasteiger partial charge on any atom is 0.192 e. The van der Waals surface area contributed by atoms with Gasteiger partial charge in [-0.3, -0.25) is 4.79 Å². The van der Waals surface area contributed by atoms with Gasteiger partial charge in [-0.15, -0.1) is 0 Å². The van der Waals surface area contributed by atoms with Gasteiger partial charge in [-0.05, 0) is 49.2 Å². The monoisotopic (exact) mass is 338 g/mol. The number of hydrogen-bond donors (Lipinski definition) is 0. The van der Waals surface area contributed by atoms with Crippen LogP contribution >= 0.6 is 0 Å². The number of carbonyl (C=O) groups is 1. The quantitative estimate of drug-likeness (QED) is 0.593. The van der Waals surface area contributed by atoms with Gasteiger partial charge in [0, 0.05) is 17.3 Å². The lowest BCUT2D eigenvalue weighted by atomic mass is 9.52. The summed E-state index contributed by atoms with van der Waals surface area (Å²) in [7, 11) is -1.83. The summed E-state index contributed by atoms with van der Waals surface area (Å²) >= 11 is 0. The van der Waals surface area contributed by atoms with Gasteiger partial charge in [0.25, 0.3) is 0 Å². The van der Waals surface area contributed by atoms with Crippen molar-refractivity contribution in [2.75, 3.05) is 0 Å². The van der Waals surface area contributed by atoms with Crippen LogP contribution in [0.3, 0.4) is 0 Å². The molecular formula is C20H38O2Si. The minimum absolute atomic E-state index is 0.0363. The van der Waals surface area contributed by atoms with Gasteiger partial charge >= 0.3 is 0 Å². The number of carbonyl (C=O) groups excluding carboxylic acids is 1. The number of fused-ring (bicyclic) bond motifs is 1. The van der Waals surface area contributed by atoms with E-state index < -0.39 is 8.32 Å². The van der Waals surface area contributed by atoms with Gasteiger partial charge in [0.05, 0.1) is 6.10 Å². The Labute approximate surface area is 144 Å². The van der Waals surface area contributed by atoms with E-state index in [0.29, 0.717) is 5.78 Å². The SMILES string of the molecule is C[C@@H]1CC[C@]2(C)[C@@H](O[Si](C)(C)C(C)(C)C)CC(C)(C)C[C@H]2C1=O. The van der Waals surface area contributed by atoms with E-state index in [-0.39, 0.29) is 33.8 Å². The largest absolute Gasteiger partial charge is 0.413 e. The Kier molecular flexibility index (Phi) is 4.74. The third-order valence-electron chi connectivity index (χ3n) is 7.21. The van der Waals surface area contributed by atoms with Gasteiger partial charge < -0.3 is 4.43 Å². The van der Waals surface area contributed by atoms with Crippen molar-refractivity contribution in [3.05, 3.63) is 0 Å². The second kappa shape index (κ2) is 5.69. The molecule has 0 amide bonds. The molecule has 0 aromatic rings. The molecule has 134 valence electrons. The van der Waals surface area contributed by atoms with Crippen molar-refractivity contribution in [2.24, 2.45) is 22.7 Å². The van der Waals surface area contributed by atoms with Crippen molar-refractivity contribution in [3.8, 4) is 0 Å². The third-order valence-corrected chi connectivity index (χ3v) is 11.7. The van der Waals surface area contributed by atoms with Gasteiger partial charge in [0.2, 0.25) is 0 Å². The van der Waals surface area contributed by atoms with E-state index in [1.54, 1.807) is 0 Å². The highest BCUT2D eigenvalue weighted by Crippen LogP contribution is 2.57. The number of ketones is 1. The molecule has 0 unspecified atom stereocenters. The van der Waals surface area contributed by atoms with Gasteiger partial charge in [0.1, 0.15) is 5.78 Å². The second-order valence-electron chi connectivity index (χ2n) is 10.8. The van der Waals surface area contributed by atoms with E-state index in [0.717, 1.165) is 25.7 Å². The van der Waals surface area contributed by atoms with Crippen molar-refractivity contribution in [1.29, 1.82) is 0 Å². The Morgan fingerprint density at radius 2 is 1.70 bits per heavy atom. The topological polar surface area (TPSA) is 26.3 Å². The summed E-state index contributed by atoms with van der Waals surface area (Å²) in [5.74, 6) is 0.913. The van der Waals surface area contributed by atoms with Crippen LogP contribution in [0.4, 0.5) is 0 Å². The first-order valence-corrected chi connectivity index (χ1v) is 12.3. The van der Waals surface area contributed by atoms with Gasteiger partial charge in [-0.25, -0.2) is 0 Å². The summed E-state index contributed by atoms with van der Waals surface area (Å²) in [6.07, 6.45) is 4.52. The predicted octanol–water partition coefficient (Wildman–Crippen LogP) is 5.82. The molecule has 4 atom stereocenters. The van der Waals surface area contributed by atoms with Crippen molar-refractivity contribution >= 4 is 14.1 Å². The van der Waals surface area contributed by atoms with Crippen LogP contribution in [-0.2, 0) is 9.22 Å². The lowest BCUT2D eigenvalue weighted by molar-refractivity contribution is -0.153. The molecule has 0 aromatic heterocycles. The van der Waals surface area contributed by atoms with E-state index >= 15 is 0 Å². The molecule has 0 N–H and O–H groups in total. The van der Waals surface area contributed by atoms with E-state index in [4.69, 9.17) is 4.43 Å². The standard InChI is InChI=1S/C20H38O2Si/c1-14-10-11-20(7)15(17(14)21)12-19(5,6)13-16(20)22-23(8,9)18(2,3)4/h14-16H,10-13H2,1-9H3/t14-,15+,16+,20+/m1/s1. The molecule has 2 saturated carbocycles. The molecule has 0 saturated heterocycles. The smallest absolute Gasteiger partial charge is 0.192 e. The molecule has 2 aliphatic carbocycles. The summed E-state index contributed by atoms with van der Waals surface area (Å²) < 4.78 is 6.92. The lowest BCUT2D eigenvalue weighted by Gasteiger charge is -2.57. The van der Waals surface area contributed by atoms with Crippen LogP contribution in [0, 0.1) is 22.7 Å².